The second-order valence-corrected chi connectivity index (χ2v) is 7.37. The van der Waals surface area contributed by atoms with Gasteiger partial charge in [0.25, 0.3) is 5.91 Å². The molecule has 3 aromatic rings. The Bertz CT molecular complexity index is 1170. The third-order valence-corrected chi connectivity index (χ3v) is 5.21. The van der Waals surface area contributed by atoms with Crippen LogP contribution < -0.4 is 0 Å². The second-order valence-electron chi connectivity index (χ2n) is 7.37. The summed E-state index contributed by atoms with van der Waals surface area (Å²) in [5, 5.41) is 9.14. The van der Waals surface area contributed by atoms with Crippen LogP contribution in [-0.4, -0.2) is 50.6 Å². The number of rotatable bonds is 5. The van der Waals surface area contributed by atoms with Crippen molar-refractivity contribution in [3.8, 4) is 11.4 Å². The van der Waals surface area contributed by atoms with Gasteiger partial charge in [0.2, 0.25) is 0 Å². The molecule has 0 unspecified atom stereocenters. The second kappa shape index (κ2) is 8.62. The average molecular weight is 446 g/mol. The van der Waals surface area contributed by atoms with E-state index in [1.165, 1.54) is 12.5 Å². The molecule has 0 atom stereocenters. The SMILES string of the molecule is O=C1c2ccnc(-c3cc(Cc4cc(F)cc(C(F)(F)F)c4)ncn3)c2CCN1CCO. The van der Waals surface area contributed by atoms with Crippen LogP contribution in [0.15, 0.2) is 42.9 Å². The van der Waals surface area contributed by atoms with Gasteiger partial charge < -0.3 is 10.0 Å². The van der Waals surface area contributed by atoms with Crippen molar-refractivity contribution in [3.63, 3.8) is 0 Å². The van der Waals surface area contributed by atoms with Crippen molar-refractivity contribution in [2.45, 2.75) is 19.0 Å². The molecule has 32 heavy (non-hydrogen) atoms. The van der Waals surface area contributed by atoms with Gasteiger partial charge in [-0.3, -0.25) is 9.78 Å². The quantitative estimate of drug-likeness (QED) is 0.609. The van der Waals surface area contributed by atoms with Gasteiger partial charge in [-0.25, -0.2) is 14.4 Å². The number of nitrogens with zero attached hydrogens (tertiary/aromatic N) is 4. The highest BCUT2D eigenvalue weighted by molar-refractivity contribution is 5.98. The number of alkyl halides is 3. The summed E-state index contributed by atoms with van der Waals surface area (Å²) in [4.78, 5) is 26.9. The average Bonchev–Trinajstić information content (AvgIpc) is 2.75. The molecule has 0 fully saturated rings. The van der Waals surface area contributed by atoms with Crippen LogP contribution in [-0.2, 0) is 19.0 Å². The minimum atomic E-state index is -4.66. The third kappa shape index (κ3) is 4.45. The lowest BCUT2D eigenvalue weighted by molar-refractivity contribution is -0.137. The van der Waals surface area contributed by atoms with Crippen LogP contribution in [0.1, 0.15) is 32.7 Å². The fourth-order valence-corrected chi connectivity index (χ4v) is 3.77. The van der Waals surface area contributed by atoms with Crippen LogP contribution in [0.4, 0.5) is 17.6 Å². The highest BCUT2D eigenvalue weighted by Gasteiger charge is 2.31. The Balaban J connectivity index is 1.66. The summed E-state index contributed by atoms with van der Waals surface area (Å²) in [6.45, 7) is 0.526. The number of β-amino-alcohol motifs (C(OH)–C–C–N with tert-alkyl or cyclic N) is 1. The van der Waals surface area contributed by atoms with Crippen LogP contribution in [0.3, 0.4) is 0 Å². The first kappa shape index (κ1) is 21.8. The van der Waals surface area contributed by atoms with Gasteiger partial charge in [0.1, 0.15) is 12.1 Å². The number of aliphatic hydroxyl groups is 1. The maximum absolute atomic E-state index is 13.7. The van der Waals surface area contributed by atoms with Crippen LogP contribution in [0.25, 0.3) is 11.4 Å². The molecule has 1 aliphatic rings. The molecule has 4 rings (SSSR count). The number of carbonyl (C=O) groups excluding carboxylic acids is 1. The Morgan fingerprint density at radius 1 is 1.09 bits per heavy atom. The van der Waals surface area contributed by atoms with Gasteiger partial charge in [0.15, 0.2) is 0 Å². The molecule has 1 N–H and O–H groups in total. The Morgan fingerprint density at radius 3 is 2.66 bits per heavy atom. The van der Waals surface area contributed by atoms with E-state index < -0.39 is 17.6 Å². The molecule has 0 spiro atoms. The van der Waals surface area contributed by atoms with Gasteiger partial charge in [-0.2, -0.15) is 13.2 Å². The van der Waals surface area contributed by atoms with Crippen molar-refractivity contribution in [3.05, 3.63) is 76.6 Å². The lowest BCUT2D eigenvalue weighted by atomic mass is 9.96. The molecule has 3 heterocycles. The lowest BCUT2D eigenvalue weighted by Crippen LogP contribution is -2.39. The topological polar surface area (TPSA) is 79.2 Å². The van der Waals surface area contributed by atoms with Gasteiger partial charge in [-0.15, -0.1) is 0 Å². The molecule has 10 heteroatoms. The molecule has 0 bridgehead atoms. The number of halogens is 4. The summed E-state index contributed by atoms with van der Waals surface area (Å²) in [6, 6.07) is 5.56. The summed E-state index contributed by atoms with van der Waals surface area (Å²) in [5.41, 5.74) is 1.53. The van der Waals surface area contributed by atoms with E-state index in [2.05, 4.69) is 15.0 Å². The highest BCUT2D eigenvalue weighted by atomic mass is 19.4. The molecule has 0 saturated heterocycles. The zero-order chi connectivity index (χ0) is 22.9. The number of pyridine rings is 1. The summed E-state index contributed by atoms with van der Waals surface area (Å²) >= 11 is 0. The van der Waals surface area contributed by atoms with Crippen LogP contribution in [0.2, 0.25) is 0 Å². The fraction of sp³-hybridized carbons (Fsp3) is 0.273. The smallest absolute Gasteiger partial charge is 0.395 e. The number of fused-ring (bicyclic) bond motifs is 1. The molecular weight excluding hydrogens is 428 g/mol. The summed E-state index contributed by atoms with van der Waals surface area (Å²) < 4.78 is 52.7. The largest absolute Gasteiger partial charge is 0.416 e. The first-order valence-electron chi connectivity index (χ1n) is 9.82. The molecule has 0 aliphatic carbocycles. The van der Waals surface area contributed by atoms with Gasteiger partial charge in [-0.05, 0) is 47.9 Å². The zero-order valence-corrected chi connectivity index (χ0v) is 16.7. The number of amides is 1. The number of aromatic nitrogens is 3. The molecule has 1 aliphatic heterocycles. The van der Waals surface area contributed by atoms with Crippen molar-refractivity contribution >= 4 is 5.91 Å². The van der Waals surface area contributed by atoms with Crippen molar-refractivity contribution in [2.75, 3.05) is 19.7 Å². The first-order valence-corrected chi connectivity index (χ1v) is 9.82. The van der Waals surface area contributed by atoms with Crippen molar-refractivity contribution in [1.29, 1.82) is 0 Å². The number of hydrogen-bond donors (Lipinski definition) is 1. The molecule has 166 valence electrons. The summed E-state index contributed by atoms with van der Waals surface area (Å²) in [5.74, 6) is -1.19. The number of aliphatic hydroxyl groups excluding tert-OH is 1. The number of hydrogen-bond acceptors (Lipinski definition) is 5. The minimum absolute atomic E-state index is 0.0331. The van der Waals surface area contributed by atoms with E-state index in [0.717, 1.165) is 12.1 Å². The number of benzene rings is 1. The lowest BCUT2D eigenvalue weighted by Gasteiger charge is -2.28. The molecule has 0 saturated carbocycles. The monoisotopic (exact) mass is 446 g/mol. The van der Waals surface area contributed by atoms with Gasteiger partial charge >= 0.3 is 6.18 Å². The van der Waals surface area contributed by atoms with E-state index in [1.807, 2.05) is 0 Å². The Hall–Kier alpha value is -3.40. The first-order chi connectivity index (χ1) is 15.3. The zero-order valence-electron chi connectivity index (χ0n) is 16.7. The van der Waals surface area contributed by atoms with E-state index in [0.29, 0.717) is 47.2 Å². The third-order valence-electron chi connectivity index (χ3n) is 5.21. The molecular formula is C22H18F4N4O2. The maximum Gasteiger partial charge on any atom is 0.416 e. The number of carbonyl (C=O) groups is 1. The van der Waals surface area contributed by atoms with E-state index in [9.17, 15) is 22.4 Å². The van der Waals surface area contributed by atoms with Crippen LogP contribution in [0, 0.1) is 5.82 Å². The minimum Gasteiger partial charge on any atom is -0.395 e. The highest BCUT2D eigenvalue weighted by Crippen LogP contribution is 2.31. The van der Waals surface area contributed by atoms with E-state index in [1.54, 1.807) is 17.0 Å². The summed E-state index contributed by atoms with van der Waals surface area (Å²) in [7, 11) is 0. The van der Waals surface area contributed by atoms with Gasteiger partial charge in [0.05, 0.1) is 23.6 Å². The summed E-state index contributed by atoms with van der Waals surface area (Å²) in [6.07, 6.45) is -1.43. The maximum atomic E-state index is 13.7. The van der Waals surface area contributed by atoms with Gasteiger partial charge in [0, 0.05) is 37.0 Å². The Labute approximate surface area is 180 Å². The van der Waals surface area contributed by atoms with E-state index in [-0.39, 0.29) is 31.0 Å². The van der Waals surface area contributed by atoms with E-state index >= 15 is 0 Å². The standard InChI is InChI=1S/C22H18F4N4O2/c23-15-8-13(7-14(10-15)22(24,25)26)9-16-11-19(29-12-28-16)20-17-2-4-30(5-6-31)21(32)18(17)1-3-27-20/h1,3,7-8,10-12,31H,2,4-6,9H2. The van der Waals surface area contributed by atoms with Crippen LogP contribution >= 0.6 is 0 Å². The predicted molar refractivity (Wildman–Crippen MR) is 106 cm³/mol. The predicted octanol–water partition coefficient (Wildman–Crippen LogP) is 3.28. The Kier molecular flexibility index (Phi) is 5.88. The van der Waals surface area contributed by atoms with Crippen molar-refractivity contribution in [1.82, 2.24) is 19.9 Å². The van der Waals surface area contributed by atoms with Gasteiger partial charge in [-0.1, -0.05) is 0 Å². The van der Waals surface area contributed by atoms with E-state index in [4.69, 9.17) is 5.11 Å². The van der Waals surface area contributed by atoms with Crippen molar-refractivity contribution in [2.24, 2.45) is 0 Å². The molecule has 2 aromatic heterocycles. The molecule has 6 nitrogen and oxygen atoms in total. The molecule has 0 radical (unpaired) electrons. The normalized spacial score (nSPS) is 13.9. The Morgan fingerprint density at radius 2 is 1.91 bits per heavy atom. The molecule has 1 aromatic carbocycles. The molecule has 1 amide bonds. The van der Waals surface area contributed by atoms with Crippen molar-refractivity contribution < 1.29 is 27.5 Å². The fourth-order valence-electron chi connectivity index (χ4n) is 3.77. The van der Waals surface area contributed by atoms with Crippen LogP contribution in [0.5, 0.6) is 0 Å².